The van der Waals surface area contributed by atoms with Crippen molar-refractivity contribution < 1.29 is 4.79 Å². The highest BCUT2D eigenvalue weighted by Gasteiger charge is 2.03. The Morgan fingerprint density at radius 2 is 2.36 bits per heavy atom. The van der Waals surface area contributed by atoms with Gasteiger partial charge < -0.3 is 4.79 Å². The maximum Gasteiger partial charge on any atom is 0.128 e. The van der Waals surface area contributed by atoms with Crippen LogP contribution in [0.4, 0.5) is 0 Å². The van der Waals surface area contributed by atoms with Gasteiger partial charge in [0.2, 0.25) is 0 Å². The molecule has 1 heterocycles. The standard InChI is InChI=1S/C9H11NO/c1-7-3-4-10-9(5-7)8(2)6-11/h3-6,8H,1-2H3. The Bertz CT molecular complexity index is 257. The summed E-state index contributed by atoms with van der Waals surface area (Å²) < 4.78 is 0. The van der Waals surface area contributed by atoms with Crippen LogP contribution >= 0.6 is 0 Å². The minimum Gasteiger partial charge on any atom is -0.303 e. The van der Waals surface area contributed by atoms with Gasteiger partial charge in [-0.1, -0.05) is 6.92 Å². The van der Waals surface area contributed by atoms with E-state index in [1.54, 1.807) is 6.20 Å². The van der Waals surface area contributed by atoms with Crippen molar-refractivity contribution in [3.05, 3.63) is 29.6 Å². The van der Waals surface area contributed by atoms with E-state index in [2.05, 4.69) is 4.98 Å². The number of carbonyl (C=O) groups is 1. The van der Waals surface area contributed by atoms with Gasteiger partial charge in [-0.3, -0.25) is 4.98 Å². The van der Waals surface area contributed by atoms with Crippen molar-refractivity contribution in [1.82, 2.24) is 4.98 Å². The predicted molar refractivity (Wildman–Crippen MR) is 43.5 cm³/mol. The predicted octanol–water partition coefficient (Wildman–Crippen LogP) is 1.69. The summed E-state index contributed by atoms with van der Waals surface area (Å²) in [7, 11) is 0. The molecular formula is C9H11NO. The van der Waals surface area contributed by atoms with Crippen molar-refractivity contribution in [2.24, 2.45) is 0 Å². The lowest BCUT2D eigenvalue weighted by Crippen LogP contribution is -1.97. The Morgan fingerprint density at radius 1 is 1.64 bits per heavy atom. The molecule has 0 bridgehead atoms. The van der Waals surface area contributed by atoms with Crippen LogP contribution in [0.2, 0.25) is 0 Å². The van der Waals surface area contributed by atoms with Gasteiger partial charge in [-0.2, -0.15) is 0 Å². The van der Waals surface area contributed by atoms with Gasteiger partial charge >= 0.3 is 0 Å². The number of hydrogen-bond acceptors (Lipinski definition) is 2. The first-order chi connectivity index (χ1) is 5.24. The summed E-state index contributed by atoms with van der Waals surface area (Å²) in [5, 5.41) is 0. The zero-order chi connectivity index (χ0) is 8.27. The van der Waals surface area contributed by atoms with Crippen LogP contribution in [-0.2, 0) is 4.79 Å². The molecule has 0 radical (unpaired) electrons. The fourth-order valence-corrected chi connectivity index (χ4v) is 0.878. The van der Waals surface area contributed by atoms with E-state index in [1.165, 1.54) is 0 Å². The molecule has 0 aliphatic rings. The summed E-state index contributed by atoms with van der Waals surface area (Å²) in [6, 6.07) is 3.85. The molecule has 0 saturated heterocycles. The second kappa shape index (κ2) is 3.28. The number of pyridine rings is 1. The average molecular weight is 149 g/mol. The van der Waals surface area contributed by atoms with Crippen LogP contribution < -0.4 is 0 Å². The molecule has 1 aromatic rings. The Morgan fingerprint density at radius 3 is 2.91 bits per heavy atom. The van der Waals surface area contributed by atoms with Crippen molar-refractivity contribution in [3.63, 3.8) is 0 Å². The van der Waals surface area contributed by atoms with E-state index in [-0.39, 0.29) is 5.92 Å². The van der Waals surface area contributed by atoms with Gasteiger partial charge in [0.25, 0.3) is 0 Å². The topological polar surface area (TPSA) is 30.0 Å². The molecule has 0 aromatic carbocycles. The molecule has 1 aromatic heterocycles. The van der Waals surface area contributed by atoms with E-state index in [0.717, 1.165) is 17.5 Å². The zero-order valence-corrected chi connectivity index (χ0v) is 6.74. The number of aryl methyl sites for hydroxylation is 1. The number of rotatable bonds is 2. The average Bonchev–Trinajstić information content (AvgIpc) is 2.03. The van der Waals surface area contributed by atoms with Crippen LogP contribution in [0.3, 0.4) is 0 Å². The molecule has 2 heteroatoms. The molecular weight excluding hydrogens is 138 g/mol. The van der Waals surface area contributed by atoms with Gasteiger partial charge in [0.15, 0.2) is 0 Å². The molecule has 0 aliphatic heterocycles. The van der Waals surface area contributed by atoms with Crippen LogP contribution in [0.5, 0.6) is 0 Å². The number of hydrogen-bond donors (Lipinski definition) is 0. The third-order valence-electron chi connectivity index (χ3n) is 1.61. The summed E-state index contributed by atoms with van der Waals surface area (Å²) in [4.78, 5) is 14.5. The zero-order valence-electron chi connectivity index (χ0n) is 6.74. The van der Waals surface area contributed by atoms with Crippen LogP contribution in [0, 0.1) is 6.92 Å². The summed E-state index contributed by atoms with van der Waals surface area (Å²) in [6.07, 6.45) is 2.63. The van der Waals surface area contributed by atoms with Gasteiger partial charge in [-0.05, 0) is 24.6 Å². The highest BCUT2D eigenvalue weighted by Crippen LogP contribution is 2.09. The highest BCUT2D eigenvalue weighted by atomic mass is 16.1. The van der Waals surface area contributed by atoms with Crippen molar-refractivity contribution in [3.8, 4) is 0 Å². The second-order valence-electron chi connectivity index (χ2n) is 2.68. The van der Waals surface area contributed by atoms with Crippen LogP contribution in [0.15, 0.2) is 18.3 Å². The Hall–Kier alpha value is -1.18. The SMILES string of the molecule is Cc1ccnc(C(C)C=O)c1. The van der Waals surface area contributed by atoms with E-state index >= 15 is 0 Å². The molecule has 0 saturated carbocycles. The Kier molecular flexibility index (Phi) is 2.36. The minimum absolute atomic E-state index is 0.0881. The normalized spacial score (nSPS) is 12.5. The van der Waals surface area contributed by atoms with Gasteiger partial charge in [0, 0.05) is 6.20 Å². The molecule has 58 valence electrons. The minimum atomic E-state index is -0.0881. The van der Waals surface area contributed by atoms with Gasteiger partial charge in [0.1, 0.15) is 6.29 Å². The fourth-order valence-electron chi connectivity index (χ4n) is 0.878. The third kappa shape index (κ3) is 1.87. The van der Waals surface area contributed by atoms with Crippen molar-refractivity contribution in [1.29, 1.82) is 0 Å². The lowest BCUT2D eigenvalue weighted by Gasteiger charge is -2.02. The summed E-state index contributed by atoms with van der Waals surface area (Å²) in [6.45, 7) is 3.83. The lowest BCUT2D eigenvalue weighted by molar-refractivity contribution is -0.108. The summed E-state index contributed by atoms with van der Waals surface area (Å²) >= 11 is 0. The van der Waals surface area contributed by atoms with E-state index < -0.39 is 0 Å². The van der Waals surface area contributed by atoms with Crippen LogP contribution in [-0.4, -0.2) is 11.3 Å². The van der Waals surface area contributed by atoms with Gasteiger partial charge in [-0.15, -0.1) is 0 Å². The van der Waals surface area contributed by atoms with Crippen LogP contribution in [0.25, 0.3) is 0 Å². The largest absolute Gasteiger partial charge is 0.303 e. The molecule has 0 fully saturated rings. The maximum absolute atomic E-state index is 10.4. The molecule has 0 N–H and O–H groups in total. The van der Waals surface area contributed by atoms with E-state index in [0.29, 0.717) is 0 Å². The molecule has 1 rings (SSSR count). The maximum atomic E-state index is 10.4. The Labute approximate surface area is 66.3 Å². The quantitative estimate of drug-likeness (QED) is 0.599. The molecule has 0 amide bonds. The van der Waals surface area contributed by atoms with E-state index in [4.69, 9.17) is 0 Å². The monoisotopic (exact) mass is 149 g/mol. The first-order valence-corrected chi connectivity index (χ1v) is 3.62. The van der Waals surface area contributed by atoms with Gasteiger partial charge in [0.05, 0.1) is 11.6 Å². The fraction of sp³-hybridized carbons (Fsp3) is 0.333. The highest BCUT2D eigenvalue weighted by molar-refractivity contribution is 5.60. The molecule has 11 heavy (non-hydrogen) atoms. The lowest BCUT2D eigenvalue weighted by atomic mass is 10.1. The first-order valence-electron chi connectivity index (χ1n) is 3.62. The second-order valence-corrected chi connectivity index (χ2v) is 2.68. The number of nitrogens with zero attached hydrogens (tertiary/aromatic N) is 1. The molecule has 1 unspecified atom stereocenters. The number of aromatic nitrogens is 1. The van der Waals surface area contributed by atoms with Gasteiger partial charge in [-0.25, -0.2) is 0 Å². The number of carbonyl (C=O) groups excluding carboxylic acids is 1. The smallest absolute Gasteiger partial charge is 0.128 e. The first kappa shape index (κ1) is 7.92. The summed E-state index contributed by atoms with van der Waals surface area (Å²) in [5.74, 6) is -0.0881. The van der Waals surface area contributed by atoms with E-state index in [9.17, 15) is 4.79 Å². The molecule has 1 atom stereocenters. The van der Waals surface area contributed by atoms with Crippen molar-refractivity contribution in [2.45, 2.75) is 19.8 Å². The number of aldehydes is 1. The molecule has 2 nitrogen and oxygen atoms in total. The van der Waals surface area contributed by atoms with E-state index in [1.807, 2.05) is 26.0 Å². The molecule has 0 aliphatic carbocycles. The summed E-state index contributed by atoms with van der Waals surface area (Å²) in [5.41, 5.74) is 1.99. The van der Waals surface area contributed by atoms with Crippen LogP contribution in [0.1, 0.15) is 24.1 Å². The third-order valence-corrected chi connectivity index (χ3v) is 1.61. The molecule has 0 spiro atoms. The van der Waals surface area contributed by atoms with Crippen molar-refractivity contribution >= 4 is 6.29 Å². The Balaban J connectivity index is 2.95. The van der Waals surface area contributed by atoms with Crippen molar-refractivity contribution in [2.75, 3.05) is 0 Å².